The fourth-order valence-electron chi connectivity index (χ4n) is 1.84. The van der Waals surface area contributed by atoms with Crippen LogP contribution in [0.2, 0.25) is 5.02 Å². The lowest BCUT2D eigenvalue weighted by atomic mass is 10.2. The molecule has 1 heterocycles. The normalized spacial score (nSPS) is 10.7. The lowest BCUT2D eigenvalue weighted by Crippen LogP contribution is -1.97. The second-order valence-corrected chi connectivity index (χ2v) is 4.40. The summed E-state index contributed by atoms with van der Waals surface area (Å²) in [5.74, 6) is 1.07. The highest BCUT2D eigenvalue weighted by Gasteiger charge is 2.07. The molecule has 88 valence electrons. The van der Waals surface area contributed by atoms with E-state index in [1.54, 1.807) is 12.1 Å². The van der Waals surface area contributed by atoms with Crippen LogP contribution in [-0.2, 0) is 0 Å². The van der Waals surface area contributed by atoms with Gasteiger partial charge in [-0.05, 0) is 18.2 Å². The van der Waals surface area contributed by atoms with Crippen molar-refractivity contribution in [3.05, 3.63) is 53.6 Å². The first-order valence-corrected chi connectivity index (χ1v) is 5.90. The molecule has 0 saturated carbocycles. The topological polar surface area (TPSA) is 51.8 Å². The Morgan fingerprint density at radius 2 is 1.72 bits per heavy atom. The van der Waals surface area contributed by atoms with E-state index >= 15 is 0 Å². The van der Waals surface area contributed by atoms with Gasteiger partial charge in [0.1, 0.15) is 5.82 Å². The van der Waals surface area contributed by atoms with Crippen LogP contribution in [0, 0.1) is 0 Å². The third-order valence-corrected chi connectivity index (χ3v) is 2.95. The van der Waals surface area contributed by atoms with E-state index in [1.807, 2.05) is 36.4 Å². The number of anilines is 1. The van der Waals surface area contributed by atoms with Crippen molar-refractivity contribution < 1.29 is 0 Å². The average Bonchev–Trinajstić information content (AvgIpc) is 2.40. The van der Waals surface area contributed by atoms with Crippen LogP contribution in [0.5, 0.6) is 0 Å². The Morgan fingerprint density at radius 3 is 2.50 bits per heavy atom. The Kier molecular flexibility index (Phi) is 2.61. The maximum atomic E-state index is 5.95. The molecule has 2 aromatic carbocycles. The van der Waals surface area contributed by atoms with Gasteiger partial charge in [-0.2, -0.15) is 0 Å². The molecular formula is C14H10ClN3. The van der Waals surface area contributed by atoms with Gasteiger partial charge in [0.25, 0.3) is 0 Å². The van der Waals surface area contributed by atoms with E-state index in [9.17, 15) is 0 Å². The van der Waals surface area contributed by atoms with Crippen LogP contribution in [0.3, 0.4) is 0 Å². The van der Waals surface area contributed by atoms with Gasteiger partial charge in [0, 0.05) is 16.0 Å². The van der Waals surface area contributed by atoms with E-state index < -0.39 is 0 Å². The minimum Gasteiger partial charge on any atom is -0.383 e. The van der Waals surface area contributed by atoms with Crippen LogP contribution in [0.4, 0.5) is 5.82 Å². The summed E-state index contributed by atoms with van der Waals surface area (Å²) in [6.45, 7) is 0. The third kappa shape index (κ3) is 1.89. The third-order valence-electron chi connectivity index (χ3n) is 2.72. The minimum atomic E-state index is 0.446. The van der Waals surface area contributed by atoms with Crippen LogP contribution in [-0.4, -0.2) is 9.97 Å². The number of rotatable bonds is 1. The fourth-order valence-corrected chi connectivity index (χ4v) is 2.01. The number of halogens is 1. The molecule has 4 heteroatoms. The SMILES string of the molecule is Nc1nc(-c2ccccc2)nc2ccc(Cl)cc12. The van der Waals surface area contributed by atoms with Crippen molar-refractivity contribution in [2.75, 3.05) is 5.73 Å². The molecule has 0 amide bonds. The largest absolute Gasteiger partial charge is 0.383 e. The van der Waals surface area contributed by atoms with Crippen LogP contribution >= 0.6 is 11.6 Å². The van der Waals surface area contributed by atoms with Crippen molar-refractivity contribution in [2.24, 2.45) is 0 Å². The first-order chi connectivity index (χ1) is 8.74. The molecule has 0 aliphatic heterocycles. The van der Waals surface area contributed by atoms with Crippen molar-refractivity contribution >= 4 is 28.3 Å². The maximum absolute atomic E-state index is 5.95. The maximum Gasteiger partial charge on any atom is 0.162 e. The first kappa shape index (κ1) is 11.0. The quantitative estimate of drug-likeness (QED) is 0.724. The second-order valence-electron chi connectivity index (χ2n) is 3.96. The number of nitrogen functional groups attached to an aromatic ring is 1. The summed E-state index contributed by atoms with van der Waals surface area (Å²) < 4.78 is 0. The van der Waals surface area contributed by atoms with Crippen molar-refractivity contribution in [2.45, 2.75) is 0 Å². The lowest BCUT2D eigenvalue weighted by Gasteiger charge is -2.05. The van der Waals surface area contributed by atoms with Crippen LogP contribution < -0.4 is 5.73 Å². The number of nitrogens with zero attached hydrogens (tertiary/aromatic N) is 2. The van der Waals surface area contributed by atoms with Gasteiger partial charge in [0.2, 0.25) is 0 Å². The molecule has 18 heavy (non-hydrogen) atoms. The smallest absolute Gasteiger partial charge is 0.162 e. The average molecular weight is 256 g/mol. The van der Waals surface area contributed by atoms with Gasteiger partial charge < -0.3 is 5.73 Å². The van der Waals surface area contributed by atoms with Gasteiger partial charge in [-0.3, -0.25) is 0 Å². The van der Waals surface area contributed by atoms with Gasteiger partial charge in [0.05, 0.1) is 5.52 Å². The molecule has 0 unspecified atom stereocenters. The van der Waals surface area contributed by atoms with Gasteiger partial charge in [-0.25, -0.2) is 9.97 Å². The molecule has 0 radical (unpaired) electrons. The molecule has 3 aromatic rings. The summed E-state index contributed by atoms with van der Waals surface area (Å²) in [4.78, 5) is 8.82. The van der Waals surface area contributed by atoms with Gasteiger partial charge in [0.15, 0.2) is 5.82 Å². The van der Waals surface area contributed by atoms with Crippen molar-refractivity contribution in [1.82, 2.24) is 9.97 Å². The van der Waals surface area contributed by atoms with E-state index in [1.165, 1.54) is 0 Å². The number of fused-ring (bicyclic) bond motifs is 1. The summed E-state index contributed by atoms with van der Waals surface area (Å²) in [6, 6.07) is 15.2. The van der Waals surface area contributed by atoms with E-state index in [-0.39, 0.29) is 0 Å². The molecule has 0 spiro atoms. The molecule has 0 aliphatic carbocycles. The number of nitrogens with two attached hydrogens (primary N) is 1. The Bertz CT molecular complexity index is 711. The number of benzene rings is 2. The van der Waals surface area contributed by atoms with E-state index in [4.69, 9.17) is 17.3 Å². The molecule has 2 N–H and O–H groups in total. The molecule has 3 rings (SSSR count). The monoisotopic (exact) mass is 255 g/mol. The highest BCUT2D eigenvalue weighted by molar-refractivity contribution is 6.31. The molecule has 0 saturated heterocycles. The van der Waals surface area contributed by atoms with Crippen molar-refractivity contribution in [3.63, 3.8) is 0 Å². The predicted octanol–water partition coefficient (Wildman–Crippen LogP) is 3.53. The number of hydrogen-bond acceptors (Lipinski definition) is 3. The summed E-state index contributed by atoms with van der Waals surface area (Å²) in [5.41, 5.74) is 7.70. The summed E-state index contributed by atoms with van der Waals surface area (Å²) in [6.07, 6.45) is 0. The minimum absolute atomic E-state index is 0.446. The fraction of sp³-hybridized carbons (Fsp3) is 0. The van der Waals surface area contributed by atoms with E-state index in [0.717, 1.165) is 16.5 Å². The zero-order valence-electron chi connectivity index (χ0n) is 9.47. The predicted molar refractivity (Wildman–Crippen MR) is 74.4 cm³/mol. The zero-order valence-corrected chi connectivity index (χ0v) is 10.2. The zero-order chi connectivity index (χ0) is 12.5. The summed E-state index contributed by atoms with van der Waals surface area (Å²) in [7, 11) is 0. The number of aromatic nitrogens is 2. The molecule has 3 nitrogen and oxygen atoms in total. The van der Waals surface area contributed by atoms with Gasteiger partial charge in [-0.15, -0.1) is 0 Å². The molecule has 0 bridgehead atoms. The van der Waals surface area contributed by atoms with E-state index in [0.29, 0.717) is 16.7 Å². The Hall–Kier alpha value is -2.13. The molecule has 0 atom stereocenters. The standard InChI is InChI=1S/C14H10ClN3/c15-10-6-7-12-11(8-10)13(16)18-14(17-12)9-4-2-1-3-5-9/h1-8H,(H2,16,17,18). The highest BCUT2D eigenvalue weighted by Crippen LogP contribution is 2.25. The highest BCUT2D eigenvalue weighted by atomic mass is 35.5. The van der Waals surface area contributed by atoms with Gasteiger partial charge in [-0.1, -0.05) is 41.9 Å². The second kappa shape index (κ2) is 4.27. The number of hydrogen-bond donors (Lipinski definition) is 1. The van der Waals surface area contributed by atoms with Crippen molar-refractivity contribution in [3.8, 4) is 11.4 Å². The van der Waals surface area contributed by atoms with Gasteiger partial charge >= 0.3 is 0 Å². The molecule has 1 aromatic heterocycles. The Labute approximate surface area is 109 Å². The van der Waals surface area contributed by atoms with Crippen LogP contribution in [0.1, 0.15) is 0 Å². The summed E-state index contributed by atoms with van der Waals surface area (Å²) >= 11 is 5.94. The molecule has 0 fully saturated rings. The van der Waals surface area contributed by atoms with E-state index in [2.05, 4.69) is 9.97 Å². The Balaban J connectivity index is 2.25. The molecular weight excluding hydrogens is 246 g/mol. The van der Waals surface area contributed by atoms with Crippen LogP contribution in [0.25, 0.3) is 22.3 Å². The Morgan fingerprint density at radius 1 is 0.944 bits per heavy atom. The first-order valence-electron chi connectivity index (χ1n) is 5.52. The lowest BCUT2D eigenvalue weighted by molar-refractivity contribution is 1.23. The van der Waals surface area contributed by atoms with Crippen LogP contribution in [0.15, 0.2) is 48.5 Å². The summed E-state index contributed by atoms with van der Waals surface area (Å²) in [5, 5.41) is 1.41. The van der Waals surface area contributed by atoms with Crippen molar-refractivity contribution in [1.29, 1.82) is 0 Å². The molecule has 0 aliphatic rings.